The molecule has 3 aliphatic rings. The number of carboxylic acid groups (broad SMARTS) is 1. The molecule has 3 fully saturated rings. The largest absolute Gasteiger partial charge is 0.481 e. The fourth-order valence-corrected chi connectivity index (χ4v) is 5.91. The molecule has 1 N–H and O–H groups in total. The van der Waals surface area contributed by atoms with Gasteiger partial charge < -0.3 is 5.11 Å². The number of rotatable bonds is 2. The molecular weight excluding hydrogens is 236 g/mol. The molecule has 0 amide bonds. The third-order valence-corrected chi connectivity index (χ3v) is 7.00. The fraction of sp³-hybridized carbons (Fsp3) is 0.941. The summed E-state index contributed by atoms with van der Waals surface area (Å²) in [6.07, 6.45) is 9.90. The third kappa shape index (κ3) is 2.21. The lowest BCUT2D eigenvalue weighted by atomic mass is 9.52. The topological polar surface area (TPSA) is 37.3 Å². The van der Waals surface area contributed by atoms with Gasteiger partial charge in [-0.1, -0.05) is 20.3 Å². The first-order chi connectivity index (χ1) is 9.01. The number of fused-ring (bicyclic) bond motifs is 3. The molecule has 3 saturated carbocycles. The minimum atomic E-state index is -0.600. The summed E-state index contributed by atoms with van der Waals surface area (Å²) in [5.74, 6) is 3.12. The second-order valence-corrected chi connectivity index (χ2v) is 7.81. The van der Waals surface area contributed by atoms with Gasteiger partial charge in [0.1, 0.15) is 0 Å². The van der Waals surface area contributed by atoms with Crippen molar-refractivity contribution in [3.8, 4) is 0 Å². The van der Waals surface area contributed by atoms with Gasteiger partial charge in [0.15, 0.2) is 0 Å². The zero-order chi connectivity index (χ0) is 13.6. The van der Waals surface area contributed by atoms with Crippen LogP contribution in [0.4, 0.5) is 0 Å². The first kappa shape index (κ1) is 13.5. The van der Waals surface area contributed by atoms with Crippen molar-refractivity contribution in [1.82, 2.24) is 0 Å². The monoisotopic (exact) mass is 264 g/mol. The molecule has 0 aromatic heterocycles. The minimum Gasteiger partial charge on any atom is -0.481 e. The highest BCUT2D eigenvalue weighted by molar-refractivity contribution is 5.67. The number of aliphatic carboxylic acids is 1. The minimum absolute atomic E-state index is 0.395. The van der Waals surface area contributed by atoms with E-state index in [1.165, 1.54) is 38.5 Å². The van der Waals surface area contributed by atoms with E-state index >= 15 is 0 Å². The van der Waals surface area contributed by atoms with Crippen molar-refractivity contribution >= 4 is 5.97 Å². The van der Waals surface area contributed by atoms with Crippen LogP contribution in [0.1, 0.15) is 65.2 Å². The number of hydrogen-bond acceptors (Lipinski definition) is 1. The summed E-state index contributed by atoms with van der Waals surface area (Å²) in [4.78, 5) is 11.0. The van der Waals surface area contributed by atoms with Crippen LogP contribution in [0, 0.1) is 35.0 Å². The van der Waals surface area contributed by atoms with Crippen molar-refractivity contribution in [1.29, 1.82) is 0 Å². The molecule has 6 atom stereocenters. The average Bonchev–Trinajstić information content (AvgIpc) is 2.74. The van der Waals surface area contributed by atoms with E-state index < -0.39 is 5.97 Å². The molecule has 0 radical (unpaired) electrons. The van der Waals surface area contributed by atoms with Crippen LogP contribution < -0.4 is 0 Å². The lowest BCUT2D eigenvalue weighted by molar-refractivity contribution is -0.140. The fourth-order valence-electron chi connectivity index (χ4n) is 5.91. The van der Waals surface area contributed by atoms with Crippen LogP contribution in [0.2, 0.25) is 0 Å². The number of carboxylic acids is 1. The van der Waals surface area contributed by atoms with Gasteiger partial charge in [-0.3, -0.25) is 4.79 Å². The second-order valence-electron chi connectivity index (χ2n) is 7.81. The van der Waals surface area contributed by atoms with E-state index in [-0.39, 0.29) is 0 Å². The van der Waals surface area contributed by atoms with Gasteiger partial charge in [-0.05, 0) is 73.5 Å². The molecule has 108 valence electrons. The molecule has 0 aromatic carbocycles. The van der Waals surface area contributed by atoms with Crippen LogP contribution in [0.3, 0.4) is 0 Å². The maximum atomic E-state index is 11.0. The molecule has 19 heavy (non-hydrogen) atoms. The van der Waals surface area contributed by atoms with Gasteiger partial charge in [-0.2, -0.15) is 0 Å². The lowest BCUT2D eigenvalue weighted by Crippen LogP contribution is -2.45. The summed E-state index contributed by atoms with van der Waals surface area (Å²) < 4.78 is 0. The summed E-state index contributed by atoms with van der Waals surface area (Å²) in [6, 6.07) is 0. The van der Waals surface area contributed by atoms with Crippen molar-refractivity contribution in [2.45, 2.75) is 65.2 Å². The van der Waals surface area contributed by atoms with Crippen LogP contribution in [0.25, 0.3) is 0 Å². The standard InChI is InChI=1S/C17H28O2/c1-11-12(10-16(18)19)5-6-14-13(11)7-9-17(2)8-3-4-15(14)17/h11-15H,3-10H2,1-2H3,(H,18,19). The van der Waals surface area contributed by atoms with Gasteiger partial charge in [0.2, 0.25) is 0 Å². The summed E-state index contributed by atoms with van der Waals surface area (Å²) in [5.41, 5.74) is 0.626. The Morgan fingerprint density at radius 1 is 1.16 bits per heavy atom. The molecule has 0 spiro atoms. The van der Waals surface area contributed by atoms with Crippen LogP contribution in [-0.2, 0) is 4.79 Å². The van der Waals surface area contributed by atoms with Gasteiger partial charge in [0.05, 0.1) is 0 Å². The van der Waals surface area contributed by atoms with E-state index in [1.54, 1.807) is 0 Å². The molecule has 2 heteroatoms. The van der Waals surface area contributed by atoms with E-state index in [9.17, 15) is 4.79 Å². The average molecular weight is 264 g/mol. The van der Waals surface area contributed by atoms with Crippen LogP contribution in [0.15, 0.2) is 0 Å². The normalized spacial score (nSPS) is 49.5. The predicted octanol–water partition coefficient (Wildman–Crippen LogP) is 4.34. The molecule has 0 heterocycles. The first-order valence-electron chi connectivity index (χ1n) is 8.23. The predicted molar refractivity (Wildman–Crippen MR) is 75.8 cm³/mol. The number of hydrogen-bond donors (Lipinski definition) is 1. The van der Waals surface area contributed by atoms with Crippen LogP contribution in [0.5, 0.6) is 0 Å². The second kappa shape index (κ2) is 4.79. The SMILES string of the molecule is CC1C(CC(=O)O)CCC2C1CCC1(C)CCCC21. The maximum Gasteiger partial charge on any atom is 0.303 e. The Labute approximate surface area is 117 Å². The zero-order valence-corrected chi connectivity index (χ0v) is 12.4. The van der Waals surface area contributed by atoms with Gasteiger partial charge in [-0.25, -0.2) is 0 Å². The van der Waals surface area contributed by atoms with Gasteiger partial charge in [0, 0.05) is 6.42 Å². The van der Waals surface area contributed by atoms with Gasteiger partial charge >= 0.3 is 5.97 Å². The van der Waals surface area contributed by atoms with E-state index in [0.29, 0.717) is 23.7 Å². The first-order valence-corrected chi connectivity index (χ1v) is 8.23. The van der Waals surface area contributed by atoms with Crippen LogP contribution >= 0.6 is 0 Å². The van der Waals surface area contributed by atoms with Crippen molar-refractivity contribution in [3.63, 3.8) is 0 Å². The highest BCUT2D eigenvalue weighted by Gasteiger charge is 2.52. The van der Waals surface area contributed by atoms with E-state index in [2.05, 4.69) is 13.8 Å². The smallest absolute Gasteiger partial charge is 0.303 e. The van der Waals surface area contributed by atoms with E-state index in [0.717, 1.165) is 24.2 Å². The van der Waals surface area contributed by atoms with Crippen molar-refractivity contribution in [2.24, 2.45) is 35.0 Å². The Morgan fingerprint density at radius 2 is 1.95 bits per heavy atom. The molecule has 3 aliphatic carbocycles. The summed E-state index contributed by atoms with van der Waals surface area (Å²) in [5, 5.41) is 9.07. The van der Waals surface area contributed by atoms with Crippen LogP contribution in [-0.4, -0.2) is 11.1 Å². The van der Waals surface area contributed by atoms with Gasteiger partial charge in [-0.15, -0.1) is 0 Å². The van der Waals surface area contributed by atoms with E-state index in [4.69, 9.17) is 5.11 Å². The molecule has 0 saturated heterocycles. The Hall–Kier alpha value is -0.530. The maximum absolute atomic E-state index is 11.0. The molecule has 6 unspecified atom stereocenters. The highest BCUT2D eigenvalue weighted by atomic mass is 16.4. The Morgan fingerprint density at radius 3 is 2.68 bits per heavy atom. The molecule has 3 rings (SSSR count). The molecule has 0 aromatic rings. The summed E-state index contributed by atoms with van der Waals surface area (Å²) >= 11 is 0. The third-order valence-electron chi connectivity index (χ3n) is 7.00. The summed E-state index contributed by atoms with van der Waals surface area (Å²) in [6.45, 7) is 4.86. The van der Waals surface area contributed by atoms with Gasteiger partial charge in [0.25, 0.3) is 0 Å². The Bertz CT molecular complexity index is 364. The zero-order valence-electron chi connectivity index (χ0n) is 12.4. The number of carbonyl (C=O) groups is 1. The molecular formula is C17H28O2. The summed E-state index contributed by atoms with van der Waals surface area (Å²) in [7, 11) is 0. The molecule has 0 bridgehead atoms. The Balaban J connectivity index is 1.74. The quantitative estimate of drug-likeness (QED) is 0.805. The molecule has 2 nitrogen and oxygen atoms in total. The van der Waals surface area contributed by atoms with Crippen molar-refractivity contribution in [2.75, 3.05) is 0 Å². The highest BCUT2D eigenvalue weighted by Crippen LogP contribution is 2.60. The Kier molecular flexibility index (Phi) is 3.39. The molecule has 0 aliphatic heterocycles. The van der Waals surface area contributed by atoms with Crippen molar-refractivity contribution < 1.29 is 9.90 Å². The van der Waals surface area contributed by atoms with Crippen molar-refractivity contribution in [3.05, 3.63) is 0 Å². The lowest BCUT2D eigenvalue weighted by Gasteiger charge is -2.52. The van der Waals surface area contributed by atoms with E-state index in [1.807, 2.05) is 0 Å².